The first-order chi connectivity index (χ1) is 6.27. The molecule has 0 aromatic heterocycles. The fraction of sp³-hybridized carbons (Fsp3) is 1.00. The summed E-state index contributed by atoms with van der Waals surface area (Å²) in [6.07, 6.45) is 8.36. The van der Waals surface area contributed by atoms with Crippen molar-refractivity contribution in [2.75, 3.05) is 0 Å². The number of nitrogens with one attached hydrogen (secondary N) is 1. The van der Waals surface area contributed by atoms with Crippen molar-refractivity contribution < 1.29 is 0 Å². The minimum Gasteiger partial charge on any atom is -0.311 e. The molecule has 1 saturated carbocycles. The summed E-state index contributed by atoms with van der Waals surface area (Å²) in [5, 5.41) is 3.77. The molecule has 3 atom stereocenters. The van der Waals surface area contributed by atoms with Crippen molar-refractivity contribution in [2.24, 2.45) is 5.92 Å². The maximum atomic E-state index is 3.77. The standard InChI is InChI=1S/C12H25N/c1-4-10(3)13-12-9-7-6-8-11(12)5-2/h10-13H,4-9H2,1-3H3. The molecule has 0 saturated heterocycles. The maximum absolute atomic E-state index is 3.77. The molecule has 1 fully saturated rings. The lowest BCUT2D eigenvalue weighted by molar-refractivity contribution is 0.238. The quantitative estimate of drug-likeness (QED) is 0.705. The minimum atomic E-state index is 0.706. The van der Waals surface area contributed by atoms with Crippen molar-refractivity contribution >= 4 is 0 Å². The van der Waals surface area contributed by atoms with Crippen LogP contribution >= 0.6 is 0 Å². The predicted octanol–water partition coefficient (Wildman–Crippen LogP) is 3.34. The maximum Gasteiger partial charge on any atom is 0.00976 e. The fourth-order valence-electron chi connectivity index (χ4n) is 2.40. The van der Waals surface area contributed by atoms with Crippen LogP contribution in [-0.2, 0) is 0 Å². The van der Waals surface area contributed by atoms with E-state index in [1.165, 1.54) is 38.5 Å². The van der Waals surface area contributed by atoms with Crippen molar-refractivity contribution in [3.63, 3.8) is 0 Å². The summed E-state index contributed by atoms with van der Waals surface area (Å²) in [5.41, 5.74) is 0. The van der Waals surface area contributed by atoms with Gasteiger partial charge in [-0.3, -0.25) is 0 Å². The Hall–Kier alpha value is -0.0400. The van der Waals surface area contributed by atoms with E-state index in [9.17, 15) is 0 Å². The van der Waals surface area contributed by atoms with Gasteiger partial charge in [0.2, 0.25) is 0 Å². The molecule has 0 aromatic rings. The Morgan fingerprint density at radius 1 is 1.23 bits per heavy atom. The number of hydrogen-bond acceptors (Lipinski definition) is 1. The van der Waals surface area contributed by atoms with Crippen LogP contribution in [-0.4, -0.2) is 12.1 Å². The third-order valence-electron chi connectivity index (χ3n) is 3.54. The van der Waals surface area contributed by atoms with Crippen LogP contribution in [0, 0.1) is 5.92 Å². The van der Waals surface area contributed by atoms with Gasteiger partial charge in [0.05, 0.1) is 0 Å². The average Bonchev–Trinajstić information content (AvgIpc) is 2.18. The summed E-state index contributed by atoms with van der Waals surface area (Å²) >= 11 is 0. The van der Waals surface area contributed by atoms with Gasteiger partial charge in [-0.05, 0) is 32.1 Å². The van der Waals surface area contributed by atoms with Gasteiger partial charge in [-0.15, -0.1) is 0 Å². The summed E-state index contributed by atoms with van der Waals surface area (Å²) in [6, 6.07) is 1.52. The lowest BCUT2D eigenvalue weighted by atomic mass is 9.82. The molecule has 0 spiro atoms. The molecule has 0 bridgehead atoms. The highest BCUT2D eigenvalue weighted by Gasteiger charge is 2.23. The van der Waals surface area contributed by atoms with E-state index >= 15 is 0 Å². The monoisotopic (exact) mass is 183 g/mol. The Balaban J connectivity index is 2.35. The van der Waals surface area contributed by atoms with Crippen LogP contribution in [0.1, 0.15) is 59.3 Å². The van der Waals surface area contributed by atoms with Gasteiger partial charge >= 0.3 is 0 Å². The molecule has 13 heavy (non-hydrogen) atoms. The Bertz CT molecular complexity index is 133. The van der Waals surface area contributed by atoms with Crippen molar-refractivity contribution in [1.82, 2.24) is 5.32 Å². The summed E-state index contributed by atoms with van der Waals surface area (Å²) in [7, 11) is 0. The van der Waals surface area contributed by atoms with Crippen LogP contribution in [0.3, 0.4) is 0 Å². The lowest BCUT2D eigenvalue weighted by Gasteiger charge is -2.33. The molecule has 0 heterocycles. The van der Waals surface area contributed by atoms with Crippen molar-refractivity contribution in [3.05, 3.63) is 0 Å². The zero-order valence-corrected chi connectivity index (χ0v) is 9.47. The molecule has 0 radical (unpaired) electrons. The second kappa shape index (κ2) is 5.64. The minimum absolute atomic E-state index is 0.706. The van der Waals surface area contributed by atoms with E-state index in [0.29, 0.717) is 6.04 Å². The number of hydrogen-bond donors (Lipinski definition) is 1. The van der Waals surface area contributed by atoms with Crippen molar-refractivity contribution in [2.45, 2.75) is 71.4 Å². The first-order valence-corrected chi connectivity index (χ1v) is 6.04. The molecule has 1 aliphatic rings. The fourth-order valence-corrected chi connectivity index (χ4v) is 2.40. The van der Waals surface area contributed by atoms with Crippen LogP contribution in [0.25, 0.3) is 0 Å². The molecule has 1 heteroatoms. The van der Waals surface area contributed by atoms with Gasteiger partial charge in [-0.2, -0.15) is 0 Å². The van der Waals surface area contributed by atoms with Crippen LogP contribution < -0.4 is 5.32 Å². The molecule has 0 aromatic carbocycles. The predicted molar refractivity (Wildman–Crippen MR) is 58.9 cm³/mol. The molecule has 1 rings (SSSR count). The van der Waals surface area contributed by atoms with E-state index in [4.69, 9.17) is 0 Å². The molecule has 3 unspecified atom stereocenters. The lowest BCUT2D eigenvalue weighted by Crippen LogP contribution is -2.42. The van der Waals surface area contributed by atoms with Gasteiger partial charge in [-0.25, -0.2) is 0 Å². The Morgan fingerprint density at radius 3 is 2.54 bits per heavy atom. The average molecular weight is 183 g/mol. The Labute approximate surface area is 83.3 Å². The highest BCUT2D eigenvalue weighted by molar-refractivity contribution is 4.81. The highest BCUT2D eigenvalue weighted by atomic mass is 14.9. The summed E-state index contributed by atoms with van der Waals surface area (Å²) < 4.78 is 0. The van der Waals surface area contributed by atoms with Crippen LogP contribution in [0.2, 0.25) is 0 Å². The zero-order chi connectivity index (χ0) is 9.68. The summed E-state index contributed by atoms with van der Waals surface area (Å²) in [6.45, 7) is 6.91. The van der Waals surface area contributed by atoms with Crippen LogP contribution in [0.5, 0.6) is 0 Å². The molecule has 1 aliphatic carbocycles. The van der Waals surface area contributed by atoms with Gasteiger partial charge in [0.25, 0.3) is 0 Å². The highest BCUT2D eigenvalue weighted by Crippen LogP contribution is 2.27. The van der Waals surface area contributed by atoms with Gasteiger partial charge in [0.1, 0.15) is 0 Å². The van der Waals surface area contributed by atoms with Gasteiger partial charge in [0.15, 0.2) is 0 Å². The second-order valence-electron chi connectivity index (χ2n) is 4.54. The molecule has 1 N–H and O–H groups in total. The van der Waals surface area contributed by atoms with Gasteiger partial charge < -0.3 is 5.32 Å². The third kappa shape index (κ3) is 3.30. The second-order valence-corrected chi connectivity index (χ2v) is 4.54. The van der Waals surface area contributed by atoms with E-state index in [1.807, 2.05) is 0 Å². The first-order valence-electron chi connectivity index (χ1n) is 6.04. The largest absolute Gasteiger partial charge is 0.311 e. The summed E-state index contributed by atoms with van der Waals surface area (Å²) in [4.78, 5) is 0. The third-order valence-corrected chi connectivity index (χ3v) is 3.54. The van der Waals surface area contributed by atoms with E-state index in [2.05, 4.69) is 26.1 Å². The smallest absolute Gasteiger partial charge is 0.00976 e. The molecular formula is C12H25N. The normalized spacial score (nSPS) is 31.6. The SMILES string of the molecule is CCC(C)NC1CCCCC1CC. The Kier molecular flexibility index (Phi) is 4.79. The molecule has 0 amide bonds. The van der Waals surface area contributed by atoms with E-state index in [0.717, 1.165) is 12.0 Å². The van der Waals surface area contributed by atoms with Crippen molar-refractivity contribution in [3.8, 4) is 0 Å². The van der Waals surface area contributed by atoms with Gasteiger partial charge in [-0.1, -0.05) is 33.1 Å². The van der Waals surface area contributed by atoms with E-state index in [-0.39, 0.29) is 0 Å². The van der Waals surface area contributed by atoms with Crippen LogP contribution in [0.4, 0.5) is 0 Å². The Morgan fingerprint density at radius 2 is 1.92 bits per heavy atom. The molecular weight excluding hydrogens is 158 g/mol. The summed E-state index contributed by atoms with van der Waals surface area (Å²) in [5.74, 6) is 0.947. The van der Waals surface area contributed by atoms with E-state index in [1.54, 1.807) is 0 Å². The number of rotatable bonds is 4. The first kappa shape index (κ1) is 11.0. The zero-order valence-electron chi connectivity index (χ0n) is 9.47. The topological polar surface area (TPSA) is 12.0 Å². The molecule has 0 aliphatic heterocycles. The van der Waals surface area contributed by atoms with Crippen molar-refractivity contribution in [1.29, 1.82) is 0 Å². The molecule has 1 nitrogen and oxygen atoms in total. The van der Waals surface area contributed by atoms with Crippen LogP contribution in [0.15, 0.2) is 0 Å². The van der Waals surface area contributed by atoms with E-state index < -0.39 is 0 Å². The van der Waals surface area contributed by atoms with Gasteiger partial charge in [0, 0.05) is 12.1 Å². The molecule has 78 valence electrons.